The van der Waals surface area contributed by atoms with E-state index in [9.17, 15) is 0 Å². The zero-order valence-electron chi connectivity index (χ0n) is 9.19. The van der Waals surface area contributed by atoms with Gasteiger partial charge in [-0.15, -0.1) is 0 Å². The smallest absolute Gasteiger partial charge is 0.218 e. The minimum atomic E-state index is 0.582. The van der Waals surface area contributed by atoms with Gasteiger partial charge < -0.3 is 10.6 Å². The lowest BCUT2D eigenvalue weighted by Gasteiger charge is -1.98. The fraction of sp³-hybridized carbons (Fsp3) is 0.500. The van der Waals surface area contributed by atoms with Crippen LogP contribution in [0.4, 0.5) is 0 Å². The molecule has 2 fully saturated rings. The molecule has 2 saturated carbocycles. The summed E-state index contributed by atoms with van der Waals surface area (Å²) in [6, 6.07) is 2.33. The van der Waals surface area contributed by atoms with E-state index in [4.69, 9.17) is 0 Å². The highest BCUT2D eigenvalue weighted by Crippen LogP contribution is 2.20. The summed E-state index contributed by atoms with van der Waals surface area (Å²) in [6.07, 6.45) is 14.5. The highest BCUT2D eigenvalue weighted by Gasteiger charge is 2.47. The summed E-state index contributed by atoms with van der Waals surface area (Å²) in [5.74, 6) is 0. The molecule has 84 valence electrons. The topological polar surface area (TPSA) is 52.0 Å². The van der Waals surface area contributed by atoms with Gasteiger partial charge in [-0.2, -0.15) is 0 Å². The summed E-state index contributed by atoms with van der Waals surface area (Å²) >= 11 is 0. The summed E-state index contributed by atoms with van der Waals surface area (Å²) in [5, 5.41) is 6.73. The Kier molecular flexibility index (Phi) is 2.48. The van der Waals surface area contributed by atoms with Crippen molar-refractivity contribution >= 4 is 12.4 Å². The molecule has 0 saturated heterocycles. The van der Waals surface area contributed by atoms with Gasteiger partial charge in [-0.3, -0.25) is 0 Å². The third-order valence-corrected chi connectivity index (χ3v) is 3.21. The Hall–Kier alpha value is -1.58. The van der Waals surface area contributed by atoms with Gasteiger partial charge in [-0.05, 0) is 6.42 Å². The Morgan fingerprint density at radius 3 is 1.94 bits per heavy atom. The molecule has 0 amide bonds. The second-order valence-electron chi connectivity index (χ2n) is 4.62. The van der Waals surface area contributed by atoms with E-state index >= 15 is 0 Å². The molecule has 4 atom stereocenters. The zero-order chi connectivity index (χ0) is 10.8. The monoisotopic (exact) mass is 218 g/mol. The minimum Gasteiger partial charge on any atom is -0.386 e. The largest absolute Gasteiger partial charge is 0.386 e. The summed E-state index contributed by atoms with van der Waals surface area (Å²) in [7, 11) is 0. The molecule has 0 spiro atoms. The Morgan fingerprint density at radius 1 is 0.812 bits per heavy atom. The first kappa shape index (κ1) is 9.63. The van der Waals surface area contributed by atoms with Crippen LogP contribution in [0.1, 0.15) is 12.8 Å². The average molecular weight is 218 g/mol. The van der Waals surface area contributed by atoms with Gasteiger partial charge in [0, 0.05) is 36.6 Å². The van der Waals surface area contributed by atoms with Crippen LogP contribution in [0.3, 0.4) is 0 Å². The summed E-state index contributed by atoms with van der Waals surface area (Å²) in [6.45, 7) is 0. The van der Waals surface area contributed by atoms with Crippen molar-refractivity contribution in [3.05, 3.63) is 24.6 Å². The average Bonchev–Trinajstić information content (AvgIpc) is 3.15. The highest BCUT2D eigenvalue weighted by atomic mass is 15.1. The van der Waals surface area contributed by atoms with Crippen LogP contribution >= 0.6 is 0 Å². The maximum absolute atomic E-state index is 3.36. The molecule has 0 bridgehead atoms. The second kappa shape index (κ2) is 4.12. The van der Waals surface area contributed by atoms with E-state index in [1.54, 1.807) is 0 Å². The van der Waals surface area contributed by atoms with E-state index in [2.05, 4.69) is 20.6 Å². The first-order valence-electron chi connectivity index (χ1n) is 5.94. The normalized spacial score (nSPS) is 40.0. The van der Waals surface area contributed by atoms with E-state index in [1.165, 1.54) is 12.8 Å². The predicted molar refractivity (Wildman–Crippen MR) is 63.0 cm³/mol. The number of rotatable bonds is 0. The van der Waals surface area contributed by atoms with Crippen molar-refractivity contribution in [1.29, 1.82) is 0 Å². The molecule has 3 aliphatic rings. The molecule has 2 aliphatic carbocycles. The summed E-state index contributed by atoms with van der Waals surface area (Å²) < 4.78 is 0. The molecule has 0 aromatic carbocycles. The summed E-state index contributed by atoms with van der Waals surface area (Å²) in [5.41, 5.74) is 0. The fourth-order valence-electron chi connectivity index (χ4n) is 1.94. The van der Waals surface area contributed by atoms with Crippen molar-refractivity contribution in [2.45, 2.75) is 37.0 Å². The van der Waals surface area contributed by atoms with Crippen LogP contribution in [-0.4, -0.2) is 36.6 Å². The first-order chi connectivity index (χ1) is 7.93. The van der Waals surface area contributed by atoms with Crippen LogP contribution in [0.2, 0.25) is 0 Å². The molecule has 4 nitrogen and oxygen atoms in total. The van der Waals surface area contributed by atoms with Crippen LogP contribution in [0, 0.1) is 0 Å². The van der Waals surface area contributed by atoms with E-state index in [0.717, 1.165) is 0 Å². The minimum absolute atomic E-state index is 0.582. The van der Waals surface area contributed by atoms with E-state index in [-0.39, 0.29) is 0 Å². The third kappa shape index (κ3) is 2.32. The lowest BCUT2D eigenvalue weighted by Crippen LogP contribution is -2.81. The lowest BCUT2D eigenvalue weighted by molar-refractivity contribution is -0.536. The standard InChI is InChI=1S/C12H16N4/c1-3-13-9-7-11(9)15-5-2-6-16-12-8-10(12)14-4-1/h1-6,9-13,15H,7-8H2/p+2. The van der Waals surface area contributed by atoms with Gasteiger partial charge in [-0.25, -0.2) is 9.98 Å². The van der Waals surface area contributed by atoms with Gasteiger partial charge in [-0.1, -0.05) is 0 Å². The lowest BCUT2D eigenvalue weighted by atomic mass is 10.5. The van der Waals surface area contributed by atoms with Gasteiger partial charge in [0.15, 0.2) is 12.4 Å². The van der Waals surface area contributed by atoms with Gasteiger partial charge in [0.2, 0.25) is 12.1 Å². The van der Waals surface area contributed by atoms with Gasteiger partial charge >= 0.3 is 0 Å². The van der Waals surface area contributed by atoms with Crippen molar-refractivity contribution in [2.24, 2.45) is 0 Å². The Labute approximate surface area is 95.2 Å². The molecule has 16 heavy (non-hydrogen) atoms. The number of fused-ring (bicyclic) bond motifs is 2. The molecule has 4 unspecified atom stereocenters. The summed E-state index contributed by atoms with van der Waals surface area (Å²) in [4.78, 5) is 6.73. The van der Waals surface area contributed by atoms with Crippen molar-refractivity contribution in [3.63, 3.8) is 0 Å². The number of hydrogen-bond donors (Lipinski definition) is 4. The van der Waals surface area contributed by atoms with Crippen LogP contribution in [0.5, 0.6) is 0 Å². The Balaban J connectivity index is 1.63. The molecule has 1 heterocycles. The van der Waals surface area contributed by atoms with Crippen LogP contribution < -0.4 is 20.6 Å². The van der Waals surface area contributed by atoms with Crippen molar-refractivity contribution in [1.82, 2.24) is 10.6 Å². The molecule has 4 heteroatoms. The molecule has 0 aromatic heterocycles. The second-order valence-corrected chi connectivity index (χ2v) is 4.62. The third-order valence-electron chi connectivity index (χ3n) is 3.21. The molecule has 0 radical (unpaired) electrons. The fourth-order valence-corrected chi connectivity index (χ4v) is 1.94. The maximum atomic E-state index is 3.36. The van der Waals surface area contributed by atoms with Gasteiger partial charge in [0.05, 0.1) is 6.42 Å². The van der Waals surface area contributed by atoms with Crippen molar-refractivity contribution in [3.8, 4) is 0 Å². The van der Waals surface area contributed by atoms with Crippen molar-refractivity contribution in [2.75, 3.05) is 0 Å². The number of nitrogens with one attached hydrogen (secondary N) is 4. The molecular weight excluding hydrogens is 200 g/mol. The van der Waals surface area contributed by atoms with Crippen molar-refractivity contribution < 1.29 is 9.98 Å². The van der Waals surface area contributed by atoms with Crippen LogP contribution in [-0.2, 0) is 0 Å². The maximum Gasteiger partial charge on any atom is 0.218 e. The Morgan fingerprint density at radius 2 is 1.38 bits per heavy atom. The molecular formula is C12H18N4+2. The number of allylic oxidation sites excluding steroid dienone is 2. The predicted octanol–water partition coefficient (Wildman–Crippen LogP) is -3.21. The first-order valence-corrected chi connectivity index (χ1v) is 5.94. The molecule has 1 aliphatic heterocycles. The van der Waals surface area contributed by atoms with E-state index in [1.807, 2.05) is 37.0 Å². The molecule has 0 aromatic rings. The van der Waals surface area contributed by atoms with E-state index < -0.39 is 0 Å². The van der Waals surface area contributed by atoms with Gasteiger partial charge in [0.1, 0.15) is 0 Å². The van der Waals surface area contributed by atoms with Crippen LogP contribution in [0.15, 0.2) is 24.6 Å². The highest BCUT2D eigenvalue weighted by molar-refractivity contribution is 5.65. The zero-order valence-corrected chi connectivity index (χ0v) is 9.19. The van der Waals surface area contributed by atoms with E-state index in [0.29, 0.717) is 24.2 Å². The number of hydrogen-bond acceptors (Lipinski definition) is 2. The molecule has 3 rings (SSSR count). The van der Waals surface area contributed by atoms with Gasteiger partial charge in [0.25, 0.3) is 0 Å². The molecule has 4 N–H and O–H groups in total. The quantitative estimate of drug-likeness (QED) is 0.346. The Bertz CT molecular complexity index is 335. The van der Waals surface area contributed by atoms with Crippen LogP contribution in [0.25, 0.3) is 0 Å². The SMILES string of the molecule is C1=CNC2CC2NC=CC=[NH+]C2CC2[NH+]=C1.